The molecule has 19 heavy (non-hydrogen) atoms. The first-order valence-corrected chi connectivity index (χ1v) is 6.79. The van der Waals surface area contributed by atoms with Crippen LogP contribution in [0.3, 0.4) is 0 Å². The van der Waals surface area contributed by atoms with E-state index in [1.165, 1.54) is 18.4 Å². The van der Waals surface area contributed by atoms with E-state index in [0.717, 1.165) is 9.78 Å². The van der Waals surface area contributed by atoms with Crippen LogP contribution in [0.15, 0.2) is 17.5 Å². The highest BCUT2D eigenvalue weighted by Gasteiger charge is 2.30. The van der Waals surface area contributed by atoms with Gasteiger partial charge in [0.2, 0.25) is 0 Å². The minimum absolute atomic E-state index is 0.280. The Bertz CT molecular complexity index is 436. The number of thiophene rings is 1. The number of amides is 1. The lowest BCUT2D eigenvalue weighted by molar-refractivity contribution is -0.142. The predicted octanol–water partition coefficient (Wildman–Crippen LogP) is 2.61. The lowest BCUT2D eigenvalue weighted by Gasteiger charge is -2.28. The summed E-state index contributed by atoms with van der Waals surface area (Å²) >= 11 is 1.47. The van der Waals surface area contributed by atoms with Crippen LogP contribution in [0.4, 0.5) is 4.79 Å². The Morgan fingerprint density at radius 1 is 1.47 bits per heavy atom. The van der Waals surface area contributed by atoms with Crippen LogP contribution in [0.1, 0.15) is 25.6 Å². The number of rotatable bonds is 4. The highest BCUT2D eigenvalue weighted by Crippen LogP contribution is 2.16. The zero-order valence-electron chi connectivity index (χ0n) is 11.5. The third kappa shape index (κ3) is 4.90. The number of hydrogen-bond acceptors (Lipinski definition) is 4. The highest BCUT2D eigenvalue weighted by atomic mass is 32.1. The van der Waals surface area contributed by atoms with Gasteiger partial charge in [-0.25, -0.2) is 9.59 Å². The molecular weight excluding hydrogens is 266 g/mol. The molecular formula is C13H19NO4S. The quantitative estimate of drug-likeness (QED) is 0.923. The van der Waals surface area contributed by atoms with Crippen LogP contribution < -0.4 is 0 Å². The second-order valence-corrected chi connectivity index (χ2v) is 6.26. The van der Waals surface area contributed by atoms with E-state index in [9.17, 15) is 14.7 Å². The van der Waals surface area contributed by atoms with Crippen molar-refractivity contribution in [3.8, 4) is 0 Å². The van der Waals surface area contributed by atoms with Crippen LogP contribution >= 0.6 is 11.3 Å². The zero-order chi connectivity index (χ0) is 14.6. The number of aliphatic carboxylic acids is 1. The first kappa shape index (κ1) is 15.5. The molecule has 0 aromatic carbocycles. The van der Waals surface area contributed by atoms with Crippen molar-refractivity contribution in [3.63, 3.8) is 0 Å². The molecule has 0 aliphatic rings. The van der Waals surface area contributed by atoms with Crippen molar-refractivity contribution in [3.05, 3.63) is 22.4 Å². The molecule has 0 saturated carbocycles. The summed E-state index contributed by atoms with van der Waals surface area (Å²) < 4.78 is 5.18. The van der Waals surface area contributed by atoms with Gasteiger partial charge < -0.3 is 9.84 Å². The van der Waals surface area contributed by atoms with E-state index in [0.29, 0.717) is 0 Å². The van der Waals surface area contributed by atoms with Crippen molar-refractivity contribution in [2.75, 3.05) is 7.05 Å². The molecule has 5 nitrogen and oxygen atoms in total. The zero-order valence-corrected chi connectivity index (χ0v) is 12.4. The van der Waals surface area contributed by atoms with Gasteiger partial charge in [0.05, 0.1) is 0 Å². The van der Waals surface area contributed by atoms with Gasteiger partial charge in [-0.3, -0.25) is 4.90 Å². The van der Waals surface area contributed by atoms with Gasteiger partial charge in [0.25, 0.3) is 0 Å². The fourth-order valence-corrected chi connectivity index (χ4v) is 2.21. The molecule has 1 unspecified atom stereocenters. The van der Waals surface area contributed by atoms with Gasteiger partial charge in [-0.1, -0.05) is 6.07 Å². The van der Waals surface area contributed by atoms with E-state index in [4.69, 9.17) is 4.74 Å². The number of carbonyl (C=O) groups excluding carboxylic acids is 1. The maximum atomic E-state index is 11.9. The third-order valence-electron chi connectivity index (χ3n) is 2.41. The van der Waals surface area contributed by atoms with Gasteiger partial charge in [0, 0.05) is 18.3 Å². The largest absolute Gasteiger partial charge is 0.480 e. The lowest BCUT2D eigenvalue weighted by atomic mass is 10.1. The smallest absolute Gasteiger partial charge is 0.410 e. The fraction of sp³-hybridized carbons (Fsp3) is 0.538. The number of carboxylic acid groups (broad SMARTS) is 1. The number of ether oxygens (including phenoxy) is 1. The van der Waals surface area contributed by atoms with Crippen LogP contribution in [-0.2, 0) is 16.0 Å². The molecule has 0 fully saturated rings. The number of carboxylic acids is 1. The van der Waals surface area contributed by atoms with Gasteiger partial charge in [0.15, 0.2) is 0 Å². The number of hydrogen-bond donors (Lipinski definition) is 1. The summed E-state index contributed by atoms with van der Waals surface area (Å²) in [6.07, 6.45) is -0.348. The Balaban J connectivity index is 2.76. The van der Waals surface area contributed by atoms with Gasteiger partial charge in [-0.05, 0) is 32.2 Å². The Hall–Kier alpha value is -1.56. The molecule has 106 valence electrons. The molecule has 1 aromatic rings. The molecule has 0 saturated heterocycles. The predicted molar refractivity (Wildman–Crippen MR) is 73.4 cm³/mol. The van der Waals surface area contributed by atoms with E-state index >= 15 is 0 Å². The van der Waals surface area contributed by atoms with E-state index in [1.807, 2.05) is 17.5 Å². The average Bonchev–Trinajstić information content (AvgIpc) is 2.74. The molecule has 1 amide bonds. The molecule has 1 N–H and O–H groups in total. The fourth-order valence-electron chi connectivity index (χ4n) is 1.47. The minimum atomic E-state index is -1.04. The molecule has 0 bridgehead atoms. The Labute approximate surface area is 116 Å². The van der Waals surface area contributed by atoms with Crippen LogP contribution in [0.25, 0.3) is 0 Å². The molecule has 1 aromatic heterocycles. The van der Waals surface area contributed by atoms with Crippen molar-refractivity contribution in [2.45, 2.75) is 38.8 Å². The van der Waals surface area contributed by atoms with Gasteiger partial charge in [-0.2, -0.15) is 0 Å². The summed E-state index contributed by atoms with van der Waals surface area (Å²) in [5, 5.41) is 11.1. The molecule has 1 atom stereocenters. The van der Waals surface area contributed by atoms with E-state index in [1.54, 1.807) is 20.8 Å². The first-order chi connectivity index (χ1) is 8.70. The van der Waals surface area contributed by atoms with E-state index in [-0.39, 0.29) is 6.42 Å². The number of carbonyl (C=O) groups is 2. The summed E-state index contributed by atoms with van der Waals surface area (Å²) in [4.78, 5) is 25.2. The first-order valence-electron chi connectivity index (χ1n) is 5.91. The van der Waals surface area contributed by atoms with Crippen LogP contribution in [-0.4, -0.2) is 40.8 Å². The van der Waals surface area contributed by atoms with Gasteiger partial charge >= 0.3 is 12.1 Å². The molecule has 1 rings (SSSR count). The van der Waals surface area contributed by atoms with Crippen LogP contribution in [0, 0.1) is 0 Å². The molecule has 0 spiro atoms. The topological polar surface area (TPSA) is 66.8 Å². The second kappa shape index (κ2) is 6.06. The number of nitrogens with zero attached hydrogens (tertiary/aromatic N) is 1. The minimum Gasteiger partial charge on any atom is -0.480 e. The van der Waals surface area contributed by atoms with Crippen LogP contribution in [0.2, 0.25) is 0 Å². The lowest BCUT2D eigenvalue weighted by Crippen LogP contribution is -2.45. The van der Waals surface area contributed by atoms with Crippen molar-refractivity contribution >= 4 is 23.4 Å². The summed E-state index contributed by atoms with van der Waals surface area (Å²) in [6.45, 7) is 5.23. The monoisotopic (exact) mass is 285 g/mol. The van der Waals surface area contributed by atoms with Crippen molar-refractivity contribution in [1.82, 2.24) is 4.90 Å². The molecule has 0 radical (unpaired) electrons. The average molecular weight is 285 g/mol. The number of likely N-dealkylation sites (N-methyl/N-ethyl adjacent to an activating group) is 1. The van der Waals surface area contributed by atoms with Crippen LogP contribution in [0.5, 0.6) is 0 Å². The Morgan fingerprint density at radius 3 is 2.53 bits per heavy atom. The van der Waals surface area contributed by atoms with Gasteiger partial charge in [-0.15, -0.1) is 11.3 Å². The Kier molecular flexibility index (Phi) is 4.94. The second-order valence-electron chi connectivity index (χ2n) is 5.23. The molecule has 6 heteroatoms. The summed E-state index contributed by atoms with van der Waals surface area (Å²) in [5.41, 5.74) is -0.642. The standard InChI is InChI=1S/C13H19NO4S/c1-13(2,3)18-12(17)14(4)10(11(15)16)8-9-6-5-7-19-9/h5-7,10H,8H2,1-4H3,(H,15,16). The SMILES string of the molecule is CN(C(=O)OC(C)(C)C)C(Cc1cccs1)C(=O)O. The van der Waals surface area contributed by atoms with Gasteiger partial charge in [0.1, 0.15) is 11.6 Å². The maximum Gasteiger partial charge on any atom is 0.410 e. The summed E-state index contributed by atoms with van der Waals surface area (Å²) in [7, 11) is 1.44. The molecule has 0 aliphatic heterocycles. The van der Waals surface area contributed by atoms with E-state index < -0.39 is 23.7 Å². The normalized spacial score (nSPS) is 12.8. The summed E-state index contributed by atoms with van der Waals surface area (Å²) in [6, 6.07) is 2.78. The summed E-state index contributed by atoms with van der Waals surface area (Å²) in [5.74, 6) is -1.04. The van der Waals surface area contributed by atoms with Crippen molar-refractivity contribution < 1.29 is 19.4 Å². The molecule has 0 aliphatic carbocycles. The molecule has 1 heterocycles. The van der Waals surface area contributed by atoms with Crippen molar-refractivity contribution in [2.24, 2.45) is 0 Å². The van der Waals surface area contributed by atoms with Crippen molar-refractivity contribution in [1.29, 1.82) is 0 Å². The maximum absolute atomic E-state index is 11.9. The Morgan fingerprint density at radius 2 is 2.11 bits per heavy atom. The van der Waals surface area contributed by atoms with E-state index in [2.05, 4.69) is 0 Å². The highest BCUT2D eigenvalue weighted by molar-refractivity contribution is 7.09. The third-order valence-corrected chi connectivity index (χ3v) is 3.31.